The summed E-state index contributed by atoms with van der Waals surface area (Å²) in [6.07, 6.45) is 2.39. The van der Waals surface area contributed by atoms with Gasteiger partial charge in [-0.3, -0.25) is 5.32 Å². The molecule has 0 saturated heterocycles. The summed E-state index contributed by atoms with van der Waals surface area (Å²) >= 11 is 5.81. The van der Waals surface area contributed by atoms with Crippen molar-refractivity contribution in [2.24, 2.45) is 0 Å². The number of hydrogen-bond donors (Lipinski definition) is 1. The van der Waals surface area contributed by atoms with Gasteiger partial charge in [-0.15, -0.1) is 6.58 Å². The van der Waals surface area contributed by atoms with E-state index in [2.05, 4.69) is 18.0 Å². The highest BCUT2D eigenvalue weighted by Gasteiger charge is 2.22. The van der Waals surface area contributed by atoms with Gasteiger partial charge in [0.25, 0.3) is 0 Å². The third-order valence-corrected chi connectivity index (χ3v) is 2.61. The third-order valence-electron chi connectivity index (χ3n) is 2.35. The van der Waals surface area contributed by atoms with Gasteiger partial charge in [-0.25, -0.2) is 0 Å². The summed E-state index contributed by atoms with van der Waals surface area (Å²) in [5, 5.41) is 13.0. The van der Waals surface area contributed by atoms with Gasteiger partial charge in [-0.2, -0.15) is 5.26 Å². The molecule has 0 aliphatic rings. The largest absolute Gasteiger partial charge is 0.296 e. The SMILES string of the molecule is C=CCNC(C)(C#N)Cc1ccc(Cl)cc1. The van der Waals surface area contributed by atoms with Crippen molar-refractivity contribution in [1.82, 2.24) is 5.32 Å². The Morgan fingerprint density at radius 1 is 1.50 bits per heavy atom. The Morgan fingerprint density at radius 2 is 2.12 bits per heavy atom. The summed E-state index contributed by atoms with van der Waals surface area (Å²) in [4.78, 5) is 0. The summed E-state index contributed by atoms with van der Waals surface area (Å²) in [6, 6.07) is 9.83. The molecule has 1 rings (SSSR count). The van der Waals surface area contributed by atoms with Crippen LogP contribution in [0.3, 0.4) is 0 Å². The van der Waals surface area contributed by atoms with Crippen molar-refractivity contribution in [1.29, 1.82) is 5.26 Å². The van der Waals surface area contributed by atoms with E-state index in [1.165, 1.54) is 0 Å². The fourth-order valence-corrected chi connectivity index (χ4v) is 1.58. The zero-order valence-corrected chi connectivity index (χ0v) is 10.1. The molecule has 0 aromatic heterocycles. The van der Waals surface area contributed by atoms with Crippen LogP contribution >= 0.6 is 11.6 Å². The maximum atomic E-state index is 9.15. The minimum absolute atomic E-state index is 0.567. The van der Waals surface area contributed by atoms with Crippen LogP contribution in [0.15, 0.2) is 36.9 Å². The lowest BCUT2D eigenvalue weighted by Crippen LogP contribution is -2.43. The van der Waals surface area contributed by atoms with E-state index in [0.29, 0.717) is 18.0 Å². The first-order chi connectivity index (χ1) is 7.59. The lowest BCUT2D eigenvalue weighted by atomic mass is 9.94. The van der Waals surface area contributed by atoms with Gasteiger partial charge in [0.2, 0.25) is 0 Å². The molecule has 0 bridgehead atoms. The second-order valence-electron chi connectivity index (χ2n) is 3.92. The Kier molecular flexibility index (Phi) is 4.54. The lowest BCUT2D eigenvalue weighted by Gasteiger charge is -2.22. The number of halogens is 1. The van der Waals surface area contributed by atoms with Crippen LogP contribution in [0.1, 0.15) is 12.5 Å². The highest BCUT2D eigenvalue weighted by molar-refractivity contribution is 6.30. The number of nitrogens with zero attached hydrogens (tertiary/aromatic N) is 1. The average Bonchev–Trinajstić information content (AvgIpc) is 2.30. The molecular weight excluding hydrogens is 220 g/mol. The molecule has 1 atom stereocenters. The molecule has 2 nitrogen and oxygen atoms in total. The molecule has 1 N–H and O–H groups in total. The van der Waals surface area contributed by atoms with E-state index in [0.717, 1.165) is 5.56 Å². The molecular formula is C13H15ClN2. The molecule has 1 unspecified atom stereocenters. The van der Waals surface area contributed by atoms with Crippen LogP contribution in [0.5, 0.6) is 0 Å². The zero-order valence-electron chi connectivity index (χ0n) is 9.33. The van der Waals surface area contributed by atoms with E-state index in [1.54, 1.807) is 6.08 Å². The van der Waals surface area contributed by atoms with Crippen molar-refractivity contribution in [3.63, 3.8) is 0 Å². The number of benzene rings is 1. The minimum Gasteiger partial charge on any atom is -0.296 e. The van der Waals surface area contributed by atoms with Crippen LogP contribution in [-0.4, -0.2) is 12.1 Å². The van der Waals surface area contributed by atoms with Crippen molar-refractivity contribution < 1.29 is 0 Å². The van der Waals surface area contributed by atoms with Gasteiger partial charge in [0.1, 0.15) is 5.54 Å². The topological polar surface area (TPSA) is 35.8 Å². The normalized spacial score (nSPS) is 13.8. The molecule has 0 aliphatic heterocycles. The van der Waals surface area contributed by atoms with Gasteiger partial charge in [0, 0.05) is 18.0 Å². The summed E-state index contributed by atoms with van der Waals surface area (Å²) in [5.41, 5.74) is 0.521. The van der Waals surface area contributed by atoms with E-state index in [4.69, 9.17) is 16.9 Å². The monoisotopic (exact) mass is 234 g/mol. The van der Waals surface area contributed by atoms with Crippen LogP contribution < -0.4 is 5.32 Å². The van der Waals surface area contributed by atoms with Crippen LogP contribution in [0, 0.1) is 11.3 Å². The predicted molar refractivity (Wildman–Crippen MR) is 67.4 cm³/mol. The Hall–Kier alpha value is -1.30. The van der Waals surface area contributed by atoms with E-state index >= 15 is 0 Å². The van der Waals surface area contributed by atoms with E-state index in [1.807, 2.05) is 31.2 Å². The van der Waals surface area contributed by atoms with Gasteiger partial charge in [-0.05, 0) is 24.6 Å². The first kappa shape index (κ1) is 12.8. The van der Waals surface area contributed by atoms with Gasteiger partial charge < -0.3 is 0 Å². The number of nitriles is 1. The Bertz CT molecular complexity index is 391. The maximum Gasteiger partial charge on any atom is 0.108 e. The van der Waals surface area contributed by atoms with Gasteiger partial charge in [0.05, 0.1) is 6.07 Å². The third kappa shape index (κ3) is 3.69. The van der Waals surface area contributed by atoms with Crippen molar-refractivity contribution in [3.8, 4) is 6.07 Å². The first-order valence-corrected chi connectivity index (χ1v) is 5.49. The predicted octanol–water partition coefficient (Wildman–Crippen LogP) is 2.94. The lowest BCUT2D eigenvalue weighted by molar-refractivity contribution is 0.469. The molecule has 0 radical (unpaired) electrons. The smallest absolute Gasteiger partial charge is 0.108 e. The molecule has 1 aromatic carbocycles. The molecule has 0 aliphatic carbocycles. The molecule has 84 valence electrons. The van der Waals surface area contributed by atoms with E-state index in [9.17, 15) is 0 Å². The summed E-state index contributed by atoms with van der Waals surface area (Å²) in [7, 11) is 0. The molecule has 0 saturated carbocycles. The molecule has 0 fully saturated rings. The molecule has 0 spiro atoms. The molecule has 0 amide bonds. The standard InChI is InChI=1S/C13H15ClN2/c1-3-8-16-13(2,10-15)9-11-4-6-12(14)7-5-11/h3-7,16H,1,8-9H2,2H3. The number of rotatable bonds is 5. The van der Waals surface area contributed by atoms with Crippen molar-refractivity contribution >= 4 is 11.6 Å². The maximum absolute atomic E-state index is 9.15. The summed E-state index contributed by atoms with van der Waals surface area (Å²) in [5.74, 6) is 0. The second kappa shape index (κ2) is 5.69. The summed E-state index contributed by atoms with van der Waals surface area (Å²) in [6.45, 7) is 6.13. The highest BCUT2D eigenvalue weighted by atomic mass is 35.5. The molecule has 3 heteroatoms. The van der Waals surface area contributed by atoms with E-state index in [-0.39, 0.29) is 0 Å². The molecule has 0 heterocycles. The average molecular weight is 235 g/mol. The second-order valence-corrected chi connectivity index (χ2v) is 4.35. The first-order valence-electron chi connectivity index (χ1n) is 5.11. The van der Waals surface area contributed by atoms with Gasteiger partial charge in [-0.1, -0.05) is 29.8 Å². The highest BCUT2D eigenvalue weighted by Crippen LogP contribution is 2.15. The Balaban J connectivity index is 2.73. The zero-order chi connectivity index (χ0) is 12.0. The van der Waals surface area contributed by atoms with Crippen LogP contribution in [0.2, 0.25) is 5.02 Å². The van der Waals surface area contributed by atoms with Gasteiger partial charge in [0.15, 0.2) is 0 Å². The molecule has 1 aromatic rings. The van der Waals surface area contributed by atoms with Gasteiger partial charge >= 0.3 is 0 Å². The van der Waals surface area contributed by atoms with Crippen LogP contribution in [-0.2, 0) is 6.42 Å². The summed E-state index contributed by atoms with van der Waals surface area (Å²) < 4.78 is 0. The van der Waals surface area contributed by atoms with Crippen LogP contribution in [0.4, 0.5) is 0 Å². The quantitative estimate of drug-likeness (QED) is 0.796. The van der Waals surface area contributed by atoms with E-state index < -0.39 is 5.54 Å². The number of hydrogen-bond acceptors (Lipinski definition) is 2. The number of nitrogens with one attached hydrogen (secondary N) is 1. The Labute approximate surface area is 102 Å². The molecule has 16 heavy (non-hydrogen) atoms. The fourth-order valence-electron chi connectivity index (χ4n) is 1.45. The Morgan fingerprint density at radius 3 is 2.62 bits per heavy atom. The van der Waals surface area contributed by atoms with Crippen molar-refractivity contribution in [3.05, 3.63) is 47.5 Å². The van der Waals surface area contributed by atoms with Crippen molar-refractivity contribution in [2.75, 3.05) is 6.54 Å². The minimum atomic E-state index is -0.567. The van der Waals surface area contributed by atoms with Crippen molar-refractivity contribution in [2.45, 2.75) is 18.9 Å². The fraction of sp³-hybridized carbons (Fsp3) is 0.308. The van der Waals surface area contributed by atoms with Crippen LogP contribution in [0.25, 0.3) is 0 Å².